The standard InChI is InChI=1S/C12H15ClO4S2/c1-3-18(14,15)8-7-10(2)19(16,17)12-6-4-5-11(13)9-12/h4-10H,3H2,1-2H3. The summed E-state index contributed by atoms with van der Waals surface area (Å²) >= 11 is 5.75. The molecule has 1 atom stereocenters. The van der Waals surface area contributed by atoms with Gasteiger partial charge in [0.05, 0.1) is 15.9 Å². The molecule has 19 heavy (non-hydrogen) atoms. The van der Waals surface area contributed by atoms with Crippen molar-refractivity contribution in [3.8, 4) is 0 Å². The van der Waals surface area contributed by atoms with E-state index in [1.807, 2.05) is 0 Å². The lowest BCUT2D eigenvalue weighted by molar-refractivity contribution is 0.591. The number of benzene rings is 1. The highest BCUT2D eigenvalue weighted by Gasteiger charge is 2.21. The van der Waals surface area contributed by atoms with Gasteiger partial charge >= 0.3 is 0 Å². The molecule has 4 nitrogen and oxygen atoms in total. The average molecular weight is 323 g/mol. The summed E-state index contributed by atoms with van der Waals surface area (Å²) in [5.41, 5.74) is 0. The van der Waals surface area contributed by atoms with E-state index in [0.717, 1.165) is 5.41 Å². The maximum atomic E-state index is 12.2. The van der Waals surface area contributed by atoms with Crippen LogP contribution in [0, 0.1) is 0 Å². The Morgan fingerprint density at radius 3 is 2.42 bits per heavy atom. The van der Waals surface area contributed by atoms with Gasteiger partial charge in [-0.1, -0.05) is 30.7 Å². The lowest BCUT2D eigenvalue weighted by Crippen LogP contribution is -2.16. The molecular formula is C12H15ClO4S2. The van der Waals surface area contributed by atoms with Crippen molar-refractivity contribution >= 4 is 31.3 Å². The van der Waals surface area contributed by atoms with Crippen LogP contribution < -0.4 is 0 Å². The van der Waals surface area contributed by atoms with Gasteiger partial charge in [0.1, 0.15) is 0 Å². The summed E-state index contributed by atoms with van der Waals surface area (Å²) in [6.45, 7) is 2.92. The highest BCUT2D eigenvalue weighted by molar-refractivity contribution is 7.94. The second-order valence-corrected chi connectivity index (χ2v) is 8.90. The fourth-order valence-electron chi connectivity index (χ4n) is 1.29. The first-order valence-corrected chi connectivity index (χ1v) is 9.23. The number of hydrogen-bond acceptors (Lipinski definition) is 4. The Morgan fingerprint density at radius 1 is 1.26 bits per heavy atom. The minimum atomic E-state index is -3.63. The first-order chi connectivity index (χ1) is 8.69. The molecule has 0 amide bonds. The van der Waals surface area contributed by atoms with Gasteiger partial charge in [-0.05, 0) is 25.1 Å². The molecule has 106 valence electrons. The highest BCUT2D eigenvalue weighted by atomic mass is 35.5. The first kappa shape index (κ1) is 16.2. The number of hydrogen-bond donors (Lipinski definition) is 0. The van der Waals surface area contributed by atoms with Gasteiger partial charge in [-0.2, -0.15) is 0 Å². The van der Waals surface area contributed by atoms with Gasteiger partial charge < -0.3 is 0 Å². The predicted molar refractivity (Wildman–Crippen MR) is 76.7 cm³/mol. The second kappa shape index (κ2) is 6.07. The molecule has 0 fully saturated rings. The van der Waals surface area contributed by atoms with E-state index in [0.29, 0.717) is 5.02 Å². The van der Waals surface area contributed by atoms with Crippen LogP contribution in [-0.4, -0.2) is 27.8 Å². The van der Waals surface area contributed by atoms with Gasteiger partial charge in [0.15, 0.2) is 19.7 Å². The van der Waals surface area contributed by atoms with Crippen LogP contribution in [-0.2, 0) is 19.7 Å². The number of rotatable bonds is 5. The molecular weight excluding hydrogens is 308 g/mol. The minimum absolute atomic E-state index is 0.0621. The van der Waals surface area contributed by atoms with Crippen LogP contribution in [0.1, 0.15) is 13.8 Å². The normalized spacial score (nSPS) is 14.7. The molecule has 0 heterocycles. The Kier molecular flexibility index (Phi) is 5.18. The van der Waals surface area contributed by atoms with Gasteiger partial charge in [0.2, 0.25) is 0 Å². The van der Waals surface area contributed by atoms with Crippen molar-refractivity contribution in [2.75, 3.05) is 5.75 Å². The quantitative estimate of drug-likeness (QED) is 0.835. The molecule has 0 radical (unpaired) electrons. The third-order valence-corrected chi connectivity index (χ3v) is 6.23. The Balaban J connectivity index is 3.08. The molecule has 0 saturated carbocycles. The van der Waals surface area contributed by atoms with E-state index >= 15 is 0 Å². The van der Waals surface area contributed by atoms with Crippen molar-refractivity contribution in [3.63, 3.8) is 0 Å². The topological polar surface area (TPSA) is 68.3 Å². The van der Waals surface area contributed by atoms with Gasteiger partial charge in [-0.15, -0.1) is 0 Å². The van der Waals surface area contributed by atoms with Crippen molar-refractivity contribution in [2.24, 2.45) is 0 Å². The molecule has 1 rings (SSSR count). The molecule has 1 aromatic rings. The van der Waals surface area contributed by atoms with Crippen LogP contribution in [0.2, 0.25) is 5.02 Å². The molecule has 1 unspecified atom stereocenters. The fourth-order valence-corrected chi connectivity index (χ4v) is 3.58. The summed E-state index contributed by atoms with van der Waals surface area (Å²) < 4.78 is 47.0. The van der Waals surface area contributed by atoms with Crippen LogP contribution in [0.4, 0.5) is 0 Å². The molecule has 0 spiro atoms. The van der Waals surface area contributed by atoms with Crippen LogP contribution >= 0.6 is 11.6 Å². The van der Waals surface area contributed by atoms with Crippen molar-refractivity contribution in [3.05, 3.63) is 40.8 Å². The Bertz CT molecular complexity index is 675. The molecule has 0 N–H and O–H groups in total. The maximum absolute atomic E-state index is 12.2. The molecule has 0 aliphatic rings. The number of halogens is 1. The fraction of sp³-hybridized carbons (Fsp3) is 0.333. The van der Waals surface area contributed by atoms with Gasteiger partial charge in [-0.3, -0.25) is 0 Å². The van der Waals surface area contributed by atoms with Crippen LogP contribution in [0.15, 0.2) is 40.6 Å². The van der Waals surface area contributed by atoms with Crippen molar-refractivity contribution in [1.82, 2.24) is 0 Å². The summed E-state index contributed by atoms with van der Waals surface area (Å²) in [6.07, 6.45) is 1.18. The Labute approximate surface area is 118 Å². The molecule has 0 aliphatic carbocycles. The summed E-state index contributed by atoms with van der Waals surface area (Å²) in [6, 6.07) is 5.88. The third-order valence-electron chi connectivity index (χ3n) is 2.57. The average Bonchev–Trinajstić information content (AvgIpc) is 2.36. The van der Waals surface area contributed by atoms with E-state index in [9.17, 15) is 16.8 Å². The zero-order valence-electron chi connectivity index (χ0n) is 10.6. The monoisotopic (exact) mass is 322 g/mol. The van der Waals surface area contributed by atoms with E-state index in [-0.39, 0.29) is 10.6 Å². The largest absolute Gasteiger partial charge is 0.224 e. The molecule has 0 saturated heterocycles. The van der Waals surface area contributed by atoms with Gasteiger partial charge in [-0.25, -0.2) is 16.8 Å². The first-order valence-electron chi connectivity index (χ1n) is 5.59. The van der Waals surface area contributed by atoms with Crippen molar-refractivity contribution in [1.29, 1.82) is 0 Å². The van der Waals surface area contributed by atoms with E-state index in [4.69, 9.17) is 11.6 Å². The Morgan fingerprint density at radius 2 is 1.89 bits per heavy atom. The van der Waals surface area contributed by atoms with Crippen LogP contribution in [0.5, 0.6) is 0 Å². The SMILES string of the molecule is CCS(=O)(=O)C=CC(C)S(=O)(=O)c1cccc(Cl)c1. The van der Waals surface area contributed by atoms with E-state index in [1.54, 1.807) is 6.07 Å². The lowest BCUT2D eigenvalue weighted by Gasteiger charge is -2.09. The second-order valence-electron chi connectivity index (χ2n) is 3.99. The van der Waals surface area contributed by atoms with Crippen molar-refractivity contribution in [2.45, 2.75) is 24.0 Å². The minimum Gasteiger partial charge on any atom is -0.224 e. The molecule has 0 aliphatic heterocycles. The zero-order chi connectivity index (χ0) is 14.7. The van der Waals surface area contributed by atoms with Crippen LogP contribution in [0.25, 0.3) is 0 Å². The lowest BCUT2D eigenvalue weighted by atomic mass is 10.4. The third kappa shape index (κ3) is 4.33. The predicted octanol–water partition coefficient (Wildman–Crippen LogP) is 2.45. The molecule has 1 aromatic carbocycles. The van der Waals surface area contributed by atoms with E-state index < -0.39 is 24.9 Å². The number of sulfone groups is 2. The van der Waals surface area contributed by atoms with Crippen molar-refractivity contribution < 1.29 is 16.8 Å². The smallest absolute Gasteiger partial charge is 0.184 e. The Hall–Kier alpha value is -0.850. The molecule has 0 aromatic heterocycles. The summed E-state index contributed by atoms with van der Waals surface area (Å²) in [5, 5.41) is 0.325. The van der Waals surface area contributed by atoms with E-state index in [1.165, 1.54) is 38.1 Å². The molecule has 0 bridgehead atoms. The van der Waals surface area contributed by atoms with Gasteiger partial charge in [0, 0.05) is 10.4 Å². The maximum Gasteiger partial charge on any atom is 0.184 e. The van der Waals surface area contributed by atoms with Gasteiger partial charge in [0.25, 0.3) is 0 Å². The summed E-state index contributed by atoms with van der Waals surface area (Å²) in [5.74, 6) is -0.0621. The zero-order valence-corrected chi connectivity index (χ0v) is 13.0. The molecule has 7 heteroatoms. The van der Waals surface area contributed by atoms with Crippen LogP contribution in [0.3, 0.4) is 0 Å². The van der Waals surface area contributed by atoms with E-state index in [2.05, 4.69) is 0 Å². The summed E-state index contributed by atoms with van der Waals surface area (Å²) in [7, 11) is -6.96. The summed E-state index contributed by atoms with van der Waals surface area (Å²) in [4.78, 5) is 0.0750. The highest BCUT2D eigenvalue weighted by Crippen LogP contribution is 2.20.